The van der Waals surface area contributed by atoms with E-state index in [1.54, 1.807) is 0 Å². The van der Waals surface area contributed by atoms with Crippen molar-refractivity contribution in [3.05, 3.63) is 34.6 Å². The Morgan fingerprint density at radius 2 is 2.24 bits per heavy atom. The summed E-state index contributed by atoms with van der Waals surface area (Å²) in [5.74, 6) is -1.79. The van der Waals surface area contributed by atoms with Crippen LogP contribution in [0.1, 0.15) is 18.6 Å². The number of benzene rings is 1. The Kier molecular flexibility index (Phi) is 4.84. The Hall–Kier alpha value is -1.20. The number of aliphatic hydroxyl groups excluding tert-OH is 1. The lowest BCUT2D eigenvalue weighted by Crippen LogP contribution is -2.26. The van der Waals surface area contributed by atoms with Crippen LogP contribution in [0, 0.1) is 5.82 Å². The Labute approximate surface area is 102 Å². The third-order valence-corrected chi connectivity index (χ3v) is 2.40. The van der Waals surface area contributed by atoms with Gasteiger partial charge >= 0.3 is 5.97 Å². The van der Waals surface area contributed by atoms with Gasteiger partial charge in [0.05, 0.1) is 6.61 Å². The van der Waals surface area contributed by atoms with Crippen LogP contribution in [-0.4, -0.2) is 23.9 Å². The molecule has 0 bridgehead atoms. The minimum Gasteiger partial charge on any atom is -0.464 e. The second kappa shape index (κ2) is 5.93. The fraction of sp³-hybridized carbons (Fsp3) is 0.364. The Bertz CT molecular complexity index is 412. The molecule has 6 heteroatoms. The van der Waals surface area contributed by atoms with Gasteiger partial charge in [-0.1, -0.05) is 17.7 Å². The molecule has 0 spiro atoms. The number of hydrogen-bond acceptors (Lipinski definition) is 3. The largest absolute Gasteiger partial charge is 0.464 e. The fourth-order valence-corrected chi connectivity index (χ4v) is 1.53. The van der Waals surface area contributed by atoms with Crippen molar-refractivity contribution < 1.29 is 23.4 Å². The van der Waals surface area contributed by atoms with E-state index in [1.165, 1.54) is 6.92 Å². The molecule has 0 saturated heterocycles. The summed E-state index contributed by atoms with van der Waals surface area (Å²) in [6.45, 7) is 1.52. The highest BCUT2D eigenvalue weighted by molar-refractivity contribution is 6.31. The quantitative estimate of drug-likeness (QED) is 0.850. The van der Waals surface area contributed by atoms with Crippen LogP contribution in [0.4, 0.5) is 8.78 Å². The van der Waals surface area contributed by atoms with E-state index in [0.29, 0.717) is 0 Å². The topological polar surface area (TPSA) is 46.5 Å². The van der Waals surface area contributed by atoms with Gasteiger partial charge in [-0.3, -0.25) is 0 Å². The molecule has 1 aromatic carbocycles. The van der Waals surface area contributed by atoms with Crippen molar-refractivity contribution in [2.75, 3.05) is 6.61 Å². The number of carbonyl (C=O) groups is 1. The average molecular weight is 265 g/mol. The first-order valence-corrected chi connectivity index (χ1v) is 5.29. The van der Waals surface area contributed by atoms with E-state index in [-0.39, 0.29) is 17.2 Å². The molecule has 0 aliphatic rings. The summed E-state index contributed by atoms with van der Waals surface area (Å²) in [6, 6.07) is 3.06. The number of carbonyl (C=O) groups excluding carboxylic acids is 1. The van der Waals surface area contributed by atoms with E-state index in [0.717, 1.165) is 18.2 Å². The zero-order valence-corrected chi connectivity index (χ0v) is 9.75. The minimum atomic E-state index is -2.25. The van der Waals surface area contributed by atoms with E-state index < -0.39 is 24.1 Å². The van der Waals surface area contributed by atoms with Crippen LogP contribution >= 0.6 is 11.6 Å². The third kappa shape index (κ3) is 3.38. The van der Waals surface area contributed by atoms with Crippen LogP contribution in [0.5, 0.6) is 0 Å². The molecule has 1 N–H and O–H groups in total. The Balaban J connectivity index is 2.88. The van der Waals surface area contributed by atoms with Gasteiger partial charge in [0.2, 0.25) is 6.17 Å². The molecular weight excluding hydrogens is 254 g/mol. The number of hydrogen-bond donors (Lipinski definition) is 1. The first-order valence-electron chi connectivity index (χ1n) is 4.91. The van der Waals surface area contributed by atoms with Gasteiger partial charge in [0.1, 0.15) is 11.9 Å². The highest BCUT2D eigenvalue weighted by Gasteiger charge is 2.30. The molecule has 1 aromatic rings. The maximum absolute atomic E-state index is 13.5. The van der Waals surface area contributed by atoms with Gasteiger partial charge in [0.25, 0.3) is 0 Å². The molecule has 2 unspecified atom stereocenters. The summed E-state index contributed by atoms with van der Waals surface area (Å²) in [7, 11) is 0. The van der Waals surface area contributed by atoms with Crippen LogP contribution in [-0.2, 0) is 9.53 Å². The summed E-state index contributed by atoms with van der Waals surface area (Å²) in [6.07, 6.45) is -4.03. The molecule has 94 valence electrons. The summed E-state index contributed by atoms with van der Waals surface area (Å²) in [5, 5.41) is 9.43. The zero-order valence-electron chi connectivity index (χ0n) is 8.99. The lowest BCUT2D eigenvalue weighted by atomic mass is 10.1. The number of ether oxygens (including phenoxy) is 1. The standard InChI is InChI=1S/C11H11ClF2O3/c1-2-17-11(16)9(14)10(15)7-4-3-6(13)5-8(7)12/h3-5,9-10,15H,2H2,1H3. The van der Waals surface area contributed by atoms with Crippen molar-refractivity contribution in [1.29, 1.82) is 0 Å². The normalized spacial score (nSPS) is 14.2. The summed E-state index contributed by atoms with van der Waals surface area (Å²) < 4.78 is 30.6. The third-order valence-electron chi connectivity index (χ3n) is 2.07. The SMILES string of the molecule is CCOC(=O)C(F)C(O)c1ccc(F)cc1Cl. The number of halogens is 3. The van der Waals surface area contributed by atoms with Crippen LogP contribution in [0.15, 0.2) is 18.2 Å². The van der Waals surface area contributed by atoms with Gasteiger partial charge in [-0.05, 0) is 19.1 Å². The maximum Gasteiger partial charge on any atom is 0.343 e. The molecule has 0 radical (unpaired) electrons. The van der Waals surface area contributed by atoms with Gasteiger partial charge < -0.3 is 9.84 Å². The summed E-state index contributed by atoms with van der Waals surface area (Å²) >= 11 is 5.63. The molecular formula is C11H11ClF2O3. The van der Waals surface area contributed by atoms with Crippen molar-refractivity contribution in [2.45, 2.75) is 19.2 Å². The van der Waals surface area contributed by atoms with Gasteiger partial charge in [-0.25, -0.2) is 13.6 Å². The van der Waals surface area contributed by atoms with Crippen LogP contribution in [0.25, 0.3) is 0 Å². The lowest BCUT2D eigenvalue weighted by Gasteiger charge is -2.15. The van der Waals surface area contributed by atoms with Crippen LogP contribution in [0.3, 0.4) is 0 Å². The minimum absolute atomic E-state index is 0.00310. The fourth-order valence-electron chi connectivity index (χ4n) is 1.25. The van der Waals surface area contributed by atoms with Gasteiger partial charge in [0, 0.05) is 10.6 Å². The molecule has 0 fully saturated rings. The van der Waals surface area contributed by atoms with Crippen molar-refractivity contribution >= 4 is 17.6 Å². The first kappa shape index (κ1) is 13.9. The van der Waals surface area contributed by atoms with Crippen molar-refractivity contribution in [1.82, 2.24) is 0 Å². The second-order valence-corrected chi connectivity index (χ2v) is 3.67. The van der Waals surface area contributed by atoms with E-state index in [1.807, 2.05) is 0 Å². The molecule has 17 heavy (non-hydrogen) atoms. The molecule has 0 aromatic heterocycles. The maximum atomic E-state index is 13.5. The average Bonchev–Trinajstić information content (AvgIpc) is 2.27. The van der Waals surface area contributed by atoms with Crippen molar-refractivity contribution in [2.24, 2.45) is 0 Å². The molecule has 1 rings (SSSR count). The molecule has 0 aliphatic heterocycles. The Morgan fingerprint density at radius 1 is 1.59 bits per heavy atom. The van der Waals surface area contributed by atoms with Crippen LogP contribution < -0.4 is 0 Å². The van der Waals surface area contributed by atoms with Gasteiger partial charge in [0.15, 0.2) is 0 Å². The van der Waals surface area contributed by atoms with Crippen molar-refractivity contribution in [3.63, 3.8) is 0 Å². The number of aliphatic hydroxyl groups is 1. The number of esters is 1. The molecule has 3 nitrogen and oxygen atoms in total. The Morgan fingerprint density at radius 3 is 2.76 bits per heavy atom. The monoisotopic (exact) mass is 264 g/mol. The summed E-state index contributed by atoms with van der Waals surface area (Å²) in [4.78, 5) is 11.1. The molecule has 0 saturated carbocycles. The molecule has 2 atom stereocenters. The lowest BCUT2D eigenvalue weighted by molar-refractivity contribution is -0.153. The summed E-state index contributed by atoms with van der Waals surface area (Å²) in [5.41, 5.74) is -0.0615. The van der Waals surface area contributed by atoms with Crippen molar-refractivity contribution in [3.8, 4) is 0 Å². The second-order valence-electron chi connectivity index (χ2n) is 3.26. The highest BCUT2D eigenvalue weighted by Crippen LogP contribution is 2.27. The first-order chi connectivity index (χ1) is 7.97. The molecule has 0 amide bonds. The highest BCUT2D eigenvalue weighted by atomic mass is 35.5. The van der Waals surface area contributed by atoms with Gasteiger partial charge in [-0.15, -0.1) is 0 Å². The molecule has 0 heterocycles. The predicted molar refractivity (Wildman–Crippen MR) is 57.9 cm³/mol. The zero-order chi connectivity index (χ0) is 13.0. The van der Waals surface area contributed by atoms with E-state index >= 15 is 0 Å². The van der Waals surface area contributed by atoms with E-state index in [4.69, 9.17) is 11.6 Å². The van der Waals surface area contributed by atoms with Gasteiger partial charge in [-0.2, -0.15) is 0 Å². The predicted octanol–water partition coefficient (Wildman–Crippen LogP) is 2.41. The number of alkyl halides is 1. The van der Waals surface area contributed by atoms with E-state index in [2.05, 4.69) is 4.74 Å². The van der Waals surface area contributed by atoms with Crippen LogP contribution in [0.2, 0.25) is 5.02 Å². The number of rotatable bonds is 4. The van der Waals surface area contributed by atoms with E-state index in [9.17, 15) is 18.7 Å². The molecule has 0 aliphatic carbocycles. The smallest absolute Gasteiger partial charge is 0.343 e.